The van der Waals surface area contributed by atoms with Gasteiger partial charge in [-0.2, -0.15) is 0 Å². The molecule has 1 N–H and O–H groups in total. The number of hydrogen-bond donors (Lipinski definition) is 1. The molecule has 1 atom stereocenters. The van der Waals surface area contributed by atoms with Gasteiger partial charge in [0.25, 0.3) is 6.43 Å². The molecule has 1 aromatic carbocycles. The van der Waals surface area contributed by atoms with E-state index in [9.17, 15) is 18.4 Å². The Labute approximate surface area is 103 Å². The summed E-state index contributed by atoms with van der Waals surface area (Å²) in [5.74, 6) is -1.20. The number of benzene rings is 1. The van der Waals surface area contributed by atoms with Gasteiger partial charge in [0.1, 0.15) is 0 Å². The quantitative estimate of drug-likeness (QED) is 0.795. The van der Waals surface area contributed by atoms with Crippen LogP contribution in [0, 0.1) is 0 Å². The molecular formula is C12H13F2NO3. The second kappa shape index (κ2) is 6.09. The lowest BCUT2D eigenvalue weighted by molar-refractivity contribution is -0.146. The molecule has 98 valence electrons. The average molecular weight is 257 g/mol. The maximum Gasteiger partial charge on any atom is 0.331 e. The molecule has 1 amide bonds. The molecule has 1 rings (SSSR count). The summed E-state index contributed by atoms with van der Waals surface area (Å²) in [5.41, 5.74) is 0.109. The highest BCUT2D eigenvalue weighted by molar-refractivity contribution is 5.78. The summed E-state index contributed by atoms with van der Waals surface area (Å²) in [5, 5.41) is 9.09. The second-order valence-electron chi connectivity index (χ2n) is 3.64. The van der Waals surface area contributed by atoms with Gasteiger partial charge in [-0.3, -0.25) is 4.79 Å². The van der Waals surface area contributed by atoms with Crippen molar-refractivity contribution in [3.05, 3.63) is 35.4 Å². The second-order valence-corrected chi connectivity index (χ2v) is 3.64. The third-order valence-corrected chi connectivity index (χ3v) is 2.57. The van der Waals surface area contributed by atoms with E-state index in [-0.39, 0.29) is 12.1 Å². The fraction of sp³-hybridized carbons (Fsp3) is 0.333. The standard InChI is InChI=1S/C12H13F2NO3/c1-2-15(7-16)10(12(17)18)8-3-5-9(6-4-8)11(13)14/h3-7,10-11H,2H2,1H3,(H,17,18). The highest BCUT2D eigenvalue weighted by atomic mass is 19.3. The van der Waals surface area contributed by atoms with Crippen LogP contribution in [0.3, 0.4) is 0 Å². The van der Waals surface area contributed by atoms with E-state index in [1.54, 1.807) is 6.92 Å². The van der Waals surface area contributed by atoms with Crippen molar-refractivity contribution in [2.75, 3.05) is 6.54 Å². The summed E-state index contributed by atoms with van der Waals surface area (Å²) in [6.07, 6.45) is -2.17. The number of amides is 1. The SMILES string of the molecule is CCN(C=O)C(C(=O)O)c1ccc(C(F)F)cc1. The minimum Gasteiger partial charge on any atom is -0.479 e. The third kappa shape index (κ3) is 3.03. The molecule has 0 aromatic heterocycles. The Morgan fingerprint density at radius 2 is 1.83 bits per heavy atom. The van der Waals surface area contributed by atoms with Crippen molar-refractivity contribution in [1.82, 2.24) is 4.90 Å². The maximum atomic E-state index is 12.4. The van der Waals surface area contributed by atoms with Crippen molar-refractivity contribution in [2.45, 2.75) is 19.4 Å². The number of rotatable bonds is 6. The Hall–Kier alpha value is -1.98. The molecule has 0 aliphatic rings. The predicted octanol–water partition coefficient (Wildman–Crippen LogP) is 2.23. The van der Waals surface area contributed by atoms with Crippen molar-refractivity contribution in [3.8, 4) is 0 Å². The molecule has 0 fully saturated rings. The molecule has 0 bridgehead atoms. The lowest BCUT2D eigenvalue weighted by Gasteiger charge is -2.23. The van der Waals surface area contributed by atoms with E-state index < -0.39 is 18.4 Å². The molecule has 0 saturated heterocycles. The number of aliphatic carboxylic acids is 1. The van der Waals surface area contributed by atoms with E-state index in [1.807, 2.05) is 0 Å². The first kappa shape index (κ1) is 14.1. The fourth-order valence-corrected chi connectivity index (χ4v) is 1.62. The molecule has 4 nitrogen and oxygen atoms in total. The fourth-order valence-electron chi connectivity index (χ4n) is 1.62. The molecule has 1 unspecified atom stereocenters. The van der Waals surface area contributed by atoms with Crippen molar-refractivity contribution < 1.29 is 23.5 Å². The first-order chi connectivity index (χ1) is 8.51. The van der Waals surface area contributed by atoms with Gasteiger partial charge in [-0.15, -0.1) is 0 Å². The van der Waals surface area contributed by atoms with Gasteiger partial charge in [0.2, 0.25) is 6.41 Å². The van der Waals surface area contributed by atoms with E-state index in [0.29, 0.717) is 12.0 Å². The van der Waals surface area contributed by atoms with E-state index in [2.05, 4.69) is 0 Å². The number of carboxylic acid groups (broad SMARTS) is 1. The minimum atomic E-state index is -2.60. The summed E-state index contributed by atoms with van der Waals surface area (Å²) in [4.78, 5) is 23.0. The first-order valence-corrected chi connectivity index (χ1v) is 5.33. The summed E-state index contributed by atoms with van der Waals surface area (Å²) < 4.78 is 24.7. The molecule has 0 spiro atoms. The van der Waals surface area contributed by atoms with Crippen molar-refractivity contribution in [2.24, 2.45) is 0 Å². The molecule has 0 heterocycles. The predicted molar refractivity (Wildman–Crippen MR) is 60.2 cm³/mol. The first-order valence-electron chi connectivity index (χ1n) is 5.33. The van der Waals surface area contributed by atoms with Crippen LogP contribution >= 0.6 is 0 Å². The van der Waals surface area contributed by atoms with Crippen molar-refractivity contribution >= 4 is 12.4 Å². The zero-order valence-electron chi connectivity index (χ0n) is 9.72. The Morgan fingerprint density at radius 1 is 1.33 bits per heavy atom. The smallest absolute Gasteiger partial charge is 0.331 e. The van der Waals surface area contributed by atoms with Gasteiger partial charge in [0.15, 0.2) is 6.04 Å². The van der Waals surface area contributed by atoms with Crippen molar-refractivity contribution in [1.29, 1.82) is 0 Å². The van der Waals surface area contributed by atoms with Gasteiger partial charge < -0.3 is 10.0 Å². The molecule has 0 aliphatic heterocycles. The monoisotopic (exact) mass is 257 g/mol. The molecule has 0 aliphatic carbocycles. The number of alkyl halides is 2. The average Bonchev–Trinajstić information content (AvgIpc) is 2.35. The molecule has 6 heteroatoms. The van der Waals surface area contributed by atoms with Crippen LogP contribution in [0.2, 0.25) is 0 Å². The van der Waals surface area contributed by atoms with Crippen LogP contribution in [-0.2, 0) is 9.59 Å². The summed E-state index contributed by atoms with van der Waals surface area (Å²) >= 11 is 0. The highest BCUT2D eigenvalue weighted by Crippen LogP contribution is 2.24. The van der Waals surface area contributed by atoms with E-state index >= 15 is 0 Å². The Balaban J connectivity index is 3.06. The van der Waals surface area contributed by atoms with Gasteiger partial charge in [0, 0.05) is 12.1 Å². The molecular weight excluding hydrogens is 244 g/mol. The zero-order valence-corrected chi connectivity index (χ0v) is 9.72. The zero-order chi connectivity index (χ0) is 13.7. The van der Waals surface area contributed by atoms with Gasteiger partial charge in [-0.25, -0.2) is 13.6 Å². The largest absolute Gasteiger partial charge is 0.479 e. The third-order valence-electron chi connectivity index (χ3n) is 2.57. The van der Waals surface area contributed by atoms with Gasteiger partial charge in [-0.05, 0) is 12.5 Å². The maximum absolute atomic E-state index is 12.4. The van der Waals surface area contributed by atoms with Crippen LogP contribution < -0.4 is 0 Å². The normalized spacial score (nSPS) is 12.2. The van der Waals surface area contributed by atoms with Gasteiger partial charge >= 0.3 is 5.97 Å². The van der Waals surface area contributed by atoms with E-state index in [4.69, 9.17) is 5.11 Å². The molecule has 0 radical (unpaired) electrons. The lowest BCUT2D eigenvalue weighted by atomic mass is 10.0. The van der Waals surface area contributed by atoms with Crippen molar-refractivity contribution in [3.63, 3.8) is 0 Å². The summed E-state index contributed by atoms with van der Waals surface area (Å²) in [6, 6.07) is 3.77. The Kier molecular flexibility index (Phi) is 4.76. The van der Waals surface area contributed by atoms with Crippen LogP contribution in [0.5, 0.6) is 0 Å². The summed E-state index contributed by atoms with van der Waals surface area (Å²) in [7, 11) is 0. The van der Waals surface area contributed by atoms with E-state index in [0.717, 1.165) is 17.0 Å². The number of carboxylic acids is 1. The number of nitrogens with zero attached hydrogens (tertiary/aromatic N) is 1. The van der Waals surface area contributed by atoms with Crippen LogP contribution in [0.4, 0.5) is 8.78 Å². The molecule has 0 saturated carbocycles. The lowest BCUT2D eigenvalue weighted by Crippen LogP contribution is -2.32. The van der Waals surface area contributed by atoms with Gasteiger partial charge in [-0.1, -0.05) is 24.3 Å². The number of carbonyl (C=O) groups excluding carboxylic acids is 1. The number of carbonyl (C=O) groups is 2. The molecule has 1 aromatic rings. The van der Waals surface area contributed by atoms with Crippen LogP contribution in [0.15, 0.2) is 24.3 Å². The van der Waals surface area contributed by atoms with E-state index in [1.165, 1.54) is 12.1 Å². The van der Waals surface area contributed by atoms with Crippen LogP contribution in [0.25, 0.3) is 0 Å². The minimum absolute atomic E-state index is 0.183. The molecule has 18 heavy (non-hydrogen) atoms. The Bertz CT molecular complexity index is 420. The number of halogens is 2. The highest BCUT2D eigenvalue weighted by Gasteiger charge is 2.25. The van der Waals surface area contributed by atoms with Crippen LogP contribution in [0.1, 0.15) is 30.5 Å². The van der Waals surface area contributed by atoms with Gasteiger partial charge in [0.05, 0.1) is 0 Å². The van der Waals surface area contributed by atoms with Crippen LogP contribution in [-0.4, -0.2) is 28.9 Å². The number of likely N-dealkylation sites (N-methyl/N-ethyl adjacent to an activating group) is 1. The Morgan fingerprint density at radius 3 is 2.17 bits per heavy atom. The summed E-state index contributed by atoms with van der Waals surface area (Å²) in [6.45, 7) is 1.86. The topological polar surface area (TPSA) is 57.6 Å². The number of hydrogen-bond acceptors (Lipinski definition) is 2.